The van der Waals surface area contributed by atoms with Gasteiger partial charge in [-0.3, -0.25) is 4.99 Å². The second-order valence-corrected chi connectivity index (χ2v) is 5.26. The van der Waals surface area contributed by atoms with E-state index in [1.807, 2.05) is 0 Å². The summed E-state index contributed by atoms with van der Waals surface area (Å²) in [6, 6.07) is 4.99. The van der Waals surface area contributed by atoms with Crippen LogP contribution in [0.4, 0.5) is 8.78 Å². The lowest BCUT2D eigenvalue weighted by Gasteiger charge is -2.28. The molecule has 0 radical (unpaired) electrons. The molecule has 1 saturated carbocycles. The summed E-state index contributed by atoms with van der Waals surface area (Å²) in [5, 5.41) is 6.81. The lowest BCUT2D eigenvalue weighted by molar-refractivity contribution is -0.0504. The van der Waals surface area contributed by atoms with Crippen molar-refractivity contribution in [2.24, 2.45) is 4.99 Å². The Bertz CT molecular complexity index is 507. The fourth-order valence-electron chi connectivity index (χ4n) is 2.02. The topological polar surface area (TPSA) is 45.7 Å². The zero-order valence-corrected chi connectivity index (χ0v) is 12.5. The zero-order valence-electron chi connectivity index (χ0n) is 11.7. The molecular weight excluding hydrogens is 300 g/mol. The van der Waals surface area contributed by atoms with E-state index in [4.69, 9.17) is 11.6 Å². The Morgan fingerprint density at radius 3 is 2.81 bits per heavy atom. The number of guanidine groups is 1. The Hall–Kier alpha value is -1.56. The van der Waals surface area contributed by atoms with Crippen LogP contribution in [-0.2, 0) is 6.54 Å². The van der Waals surface area contributed by atoms with E-state index in [1.165, 1.54) is 18.6 Å². The van der Waals surface area contributed by atoms with Gasteiger partial charge in [0.15, 0.2) is 5.96 Å². The highest BCUT2D eigenvalue weighted by Gasteiger charge is 2.18. The van der Waals surface area contributed by atoms with Gasteiger partial charge in [0.05, 0.1) is 0 Å². The first-order valence-electron chi connectivity index (χ1n) is 6.79. The van der Waals surface area contributed by atoms with Crippen LogP contribution in [-0.4, -0.2) is 25.7 Å². The van der Waals surface area contributed by atoms with Gasteiger partial charge in [0.1, 0.15) is 5.75 Å². The van der Waals surface area contributed by atoms with E-state index in [0.717, 1.165) is 12.8 Å². The number of rotatable bonds is 5. The molecule has 1 aliphatic rings. The maximum absolute atomic E-state index is 12.4. The number of hydrogen-bond donors (Lipinski definition) is 2. The molecule has 116 valence electrons. The molecule has 1 aromatic rings. The van der Waals surface area contributed by atoms with Crippen molar-refractivity contribution in [3.63, 3.8) is 0 Å². The molecule has 2 rings (SSSR count). The summed E-state index contributed by atoms with van der Waals surface area (Å²) in [6.07, 6.45) is 3.46. The van der Waals surface area contributed by atoms with Crippen LogP contribution in [0.3, 0.4) is 0 Å². The molecule has 1 fully saturated rings. The van der Waals surface area contributed by atoms with Gasteiger partial charge in [0.25, 0.3) is 0 Å². The minimum Gasteiger partial charge on any atom is -0.434 e. The Kier molecular flexibility index (Phi) is 5.61. The molecule has 0 aromatic heterocycles. The summed E-state index contributed by atoms with van der Waals surface area (Å²) in [5.74, 6) is 0.753. The van der Waals surface area contributed by atoms with E-state index >= 15 is 0 Å². The van der Waals surface area contributed by atoms with Crippen LogP contribution < -0.4 is 15.4 Å². The van der Waals surface area contributed by atoms with Gasteiger partial charge in [-0.1, -0.05) is 11.6 Å². The molecule has 7 heteroatoms. The normalized spacial score (nSPS) is 15.8. The number of benzene rings is 1. The summed E-state index contributed by atoms with van der Waals surface area (Å²) in [4.78, 5) is 4.11. The van der Waals surface area contributed by atoms with E-state index in [2.05, 4.69) is 20.4 Å². The molecule has 0 bridgehead atoms. The van der Waals surface area contributed by atoms with Crippen LogP contribution in [0.2, 0.25) is 5.02 Å². The molecule has 2 N–H and O–H groups in total. The third kappa shape index (κ3) is 4.74. The minimum absolute atomic E-state index is 0.112. The maximum atomic E-state index is 12.4. The van der Waals surface area contributed by atoms with Crippen molar-refractivity contribution in [2.45, 2.75) is 38.5 Å². The second-order valence-electron chi connectivity index (χ2n) is 4.83. The molecule has 0 aliphatic heterocycles. The van der Waals surface area contributed by atoms with Gasteiger partial charge in [-0.05, 0) is 37.5 Å². The molecule has 0 spiro atoms. The highest BCUT2D eigenvalue weighted by Crippen LogP contribution is 2.24. The van der Waals surface area contributed by atoms with Gasteiger partial charge >= 0.3 is 6.61 Å². The predicted octanol–water partition coefficient (Wildman–Crippen LogP) is 3.16. The third-order valence-electron chi connectivity index (χ3n) is 3.35. The Morgan fingerprint density at radius 1 is 1.48 bits per heavy atom. The Labute approximate surface area is 127 Å². The number of hydrogen-bond acceptors (Lipinski definition) is 2. The van der Waals surface area contributed by atoms with E-state index in [1.54, 1.807) is 13.1 Å². The van der Waals surface area contributed by atoms with Gasteiger partial charge < -0.3 is 15.4 Å². The number of nitrogens with one attached hydrogen (secondary N) is 2. The maximum Gasteiger partial charge on any atom is 0.387 e. The largest absolute Gasteiger partial charge is 0.434 e. The molecule has 0 saturated heterocycles. The second kappa shape index (κ2) is 7.45. The van der Waals surface area contributed by atoms with Gasteiger partial charge in [-0.25, -0.2) is 0 Å². The molecule has 21 heavy (non-hydrogen) atoms. The molecule has 0 amide bonds. The first kappa shape index (κ1) is 15.8. The quantitative estimate of drug-likeness (QED) is 0.648. The van der Waals surface area contributed by atoms with Crippen LogP contribution in [0.5, 0.6) is 5.75 Å². The van der Waals surface area contributed by atoms with Crippen molar-refractivity contribution in [1.29, 1.82) is 0 Å². The standard InChI is InChI=1S/C14H18ClF2N3O/c1-18-14(20-11-3-2-4-11)19-8-9-7-10(15)5-6-12(9)21-13(16)17/h5-7,11,13H,2-4,8H2,1H3,(H2,18,19,20). The Balaban J connectivity index is 1.98. The molecule has 0 atom stereocenters. The number of halogens is 3. The smallest absolute Gasteiger partial charge is 0.387 e. The van der Waals surface area contributed by atoms with Crippen LogP contribution in [0.25, 0.3) is 0 Å². The van der Waals surface area contributed by atoms with Crippen LogP contribution in [0.1, 0.15) is 24.8 Å². The molecule has 4 nitrogen and oxygen atoms in total. The highest BCUT2D eigenvalue weighted by atomic mass is 35.5. The van der Waals surface area contributed by atoms with Gasteiger partial charge in [-0.15, -0.1) is 0 Å². The van der Waals surface area contributed by atoms with Crippen LogP contribution >= 0.6 is 11.6 Å². The number of aliphatic imine (C=N–C) groups is 1. The van der Waals surface area contributed by atoms with Crippen molar-refractivity contribution in [1.82, 2.24) is 10.6 Å². The summed E-state index contributed by atoms with van der Waals surface area (Å²) >= 11 is 5.90. The lowest BCUT2D eigenvalue weighted by atomic mass is 9.93. The average Bonchev–Trinajstić information content (AvgIpc) is 2.39. The fraction of sp³-hybridized carbons (Fsp3) is 0.500. The van der Waals surface area contributed by atoms with Crippen molar-refractivity contribution < 1.29 is 13.5 Å². The predicted molar refractivity (Wildman–Crippen MR) is 79.1 cm³/mol. The first-order valence-corrected chi connectivity index (χ1v) is 7.16. The Morgan fingerprint density at radius 2 is 2.24 bits per heavy atom. The SMILES string of the molecule is CN=C(NCc1cc(Cl)ccc1OC(F)F)NC1CCC1. The molecule has 1 aromatic carbocycles. The van der Waals surface area contributed by atoms with E-state index < -0.39 is 6.61 Å². The minimum atomic E-state index is -2.86. The molecule has 0 heterocycles. The lowest BCUT2D eigenvalue weighted by Crippen LogP contribution is -2.46. The molecule has 0 unspecified atom stereocenters. The number of alkyl halides is 2. The van der Waals surface area contributed by atoms with E-state index in [9.17, 15) is 8.78 Å². The van der Waals surface area contributed by atoms with Crippen molar-refractivity contribution in [2.75, 3.05) is 7.05 Å². The summed E-state index contributed by atoms with van der Waals surface area (Å²) in [5.41, 5.74) is 0.555. The first-order chi connectivity index (χ1) is 10.1. The van der Waals surface area contributed by atoms with Gasteiger partial charge in [-0.2, -0.15) is 8.78 Å². The summed E-state index contributed by atoms with van der Waals surface area (Å²) in [7, 11) is 1.67. The molecule has 1 aliphatic carbocycles. The number of ether oxygens (including phenoxy) is 1. The summed E-state index contributed by atoms with van der Waals surface area (Å²) < 4.78 is 29.2. The van der Waals surface area contributed by atoms with Crippen LogP contribution in [0.15, 0.2) is 23.2 Å². The fourth-order valence-corrected chi connectivity index (χ4v) is 2.21. The monoisotopic (exact) mass is 317 g/mol. The van der Waals surface area contributed by atoms with E-state index in [0.29, 0.717) is 29.1 Å². The summed E-state index contributed by atoms with van der Waals surface area (Å²) in [6.45, 7) is -2.56. The molecular formula is C14H18ClF2N3O. The van der Waals surface area contributed by atoms with Crippen molar-refractivity contribution >= 4 is 17.6 Å². The van der Waals surface area contributed by atoms with Gasteiger partial charge in [0.2, 0.25) is 0 Å². The van der Waals surface area contributed by atoms with Crippen molar-refractivity contribution in [3.05, 3.63) is 28.8 Å². The van der Waals surface area contributed by atoms with Crippen LogP contribution in [0, 0.1) is 0 Å². The third-order valence-corrected chi connectivity index (χ3v) is 3.59. The highest BCUT2D eigenvalue weighted by molar-refractivity contribution is 6.30. The van der Waals surface area contributed by atoms with Crippen molar-refractivity contribution in [3.8, 4) is 5.75 Å². The van der Waals surface area contributed by atoms with E-state index in [-0.39, 0.29) is 5.75 Å². The number of nitrogens with zero attached hydrogens (tertiary/aromatic N) is 1. The van der Waals surface area contributed by atoms with Gasteiger partial charge in [0, 0.05) is 30.2 Å². The zero-order chi connectivity index (χ0) is 15.2. The average molecular weight is 318 g/mol.